The quantitative estimate of drug-likeness (QED) is 0.711. The summed E-state index contributed by atoms with van der Waals surface area (Å²) < 4.78 is 0. The Kier molecular flexibility index (Phi) is 4.79. The molecule has 1 nitrogen and oxygen atoms in total. The van der Waals surface area contributed by atoms with E-state index in [1.807, 2.05) is 0 Å². The predicted molar refractivity (Wildman–Crippen MR) is 58.6 cm³/mol. The normalized spacial score (nSPS) is 29.5. The summed E-state index contributed by atoms with van der Waals surface area (Å²) >= 11 is 0. The Bertz CT molecular complexity index is 121. The summed E-state index contributed by atoms with van der Waals surface area (Å²) in [6.45, 7) is 4.64. The molecule has 0 spiro atoms. The molecule has 0 atom stereocenters. The lowest BCUT2D eigenvalue weighted by Crippen LogP contribution is -2.27. The molecule has 0 bridgehead atoms. The van der Waals surface area contributed by atoms with Crippen molar-refractivity contribution in [3.63, 3.8) is 0 Å². The van der Waals surface area contributed by atoms with Crippen molar-refractivity contribution < 1.29 is 0 Å². The van der Waals surface area contributed by atoms with Gasteiger partial charge in [-0.1, -0.05) is 26.7 Å². The van der Waals surface area contributed by atoms with Gasteiger partial charge in [-0.15, -0.1) is 0 Å². The summed E-state index contributed by atoms with van der Waals surface area (Å²) in [6.07, 6.45) is 9.49. The van der Waals surface area contributed by atoms with Crippen molar-refractivity contribution in [2.45, 2.75) is 64.8 Å². The van der Waals surface area contributed by atoms with Crippen LogP contribution >= 0.6 is 0 Å². The van der Waals surface area contributed by atoms with Crippen LogP contribution in [0.5, 0.6) is 0 Å². The molecule has 1 fully saturated rings. The zero-order valence-corrected chi connectivity index (χ0v) is 9.26. The van der Waals surface area contributed by atoms with Crippen LogP contribution in [0.3, 0.4) is 0 Å². The van der Waals surface area contributed by atoms with Gasteiger partial charge in [0, 0.05) is 6.04 Å². The van der Waals surface area contributed by atoms with E-state index in [0.29, 0.717) is 6.04 Å². The Labute approximate surface area is 83.1 Å². The standard InChI is InChI=1S/C12H25N/c1-3-10(4-2)9-11-5-7-12(13)8-6-11/h10-12H,3-9,13H2,1-2H3. The topological polar surface area (TPSA) is 26.0 Å². The van der Waals surface area contributed by atoms with Crippen molar-refractivity contribution in [3.8, 4) is 0 Å². The lowest BCUT2D eigenvalue weighted by Gasteiger charge is -2.28. The van der Waals surface area contributed by atoms with Gasteiger partial charge in [0.25, 0.3) is 0 Å². The highest BCUT2D eigenvalue weighted by atomic mass is 14.6. The van der Waals surface area contributed by atoms with Gasteiger partial charge in [-0.25, -0.2) is 0 Å². The van der Waals surface area contributed by atoms with E-state index >= 15 is 0 Å². The van der Waals surface area contributed by atoms with Crippen LogP contribution in [-0.2, 0) is 0 Å². The lowest BCUT2D eigenvalue weighted by atomic mass is 9.80. The van der Waals surface area contributed by atoms with Gasteiger partial charge in [0.05, 0.1) is 0 Å². The fourth-order valence-electron chi connectivity index (χ4n) is 2.52. The zero-order chi connectivity index (χ0) is 9.68. The maximum Gasteiger partial charge on any atom is 0.00390 e. The number of hydrogen-bond donors (Lipinski definition) is 1. The highest BCUT2D eigenvalue weighted by Crippen LogP contribution is 2.30. The molecule has 1 aliphatic carbocycles. The SMILES string of the molecule is CCC(CC)CC1CCC(N)CC1. The van der Waals surface area contributed by atoms with E-state index in [0.717, 1.165) is 11.8 Å². The lowest BCUT2D eigenvalue weighted by molar-refractivity contribution is 0.262. The van der Waals surface area contributed by atoms with Gasteiger partial charge in [0.15, 0.2) is 0 Å². The molecule has 0 aromatic heterocycles. The second-order valence-electron chi connectivity index (χ2n) is 4.70. The smallest absolute Gasteiger partial charge is 0.00390 e. The van der Waals surface area contributed by atoms with Crippen LogP contribution in [0.15, 0.2) is 0 Å². The predicted octanol–water partition coefficient (Wildman–Crippen LogP) is 3.33. The molecule has 1 rings (SSSR count). The third kappa shape index (κ3) is 3.68. The van der Waals surface area contributed by atoms with E-state index in [1.165, 1.54) is 44.9 Å². The van der Waals surface area contributed by atoms with Crippen LogP contribution in [0.1, 0.15) is 58.8 Å². The molecule has 1 heteroatoms. The summed E-state index contributed by atoms with van der Waals surface area (Å²) in [5, 5.41) is 0. The van der Waals surface area contributed by atoms with E-state index < -0.39 is 0 Å². The van der Waals surface area contributed by atoms with Gasteiger partial charge in [-0.2, -0.15) is 0 Å². The minimum atomic E-state index is 0.512. The van der Waals surface area contributed by atoms with Crippen LogP contribution in [-0.4, -0.2) is 6.04 Å². The molecule has 13 heavy (non-hydrogen) atoms. The molecule has 0 heterocycles. The first-order chi connectivity index (χ1) is 6.26. The third-order valence-corrected chi connectivity index (χ3v) is 3.71. The number of nitrogens with two attached hydrogens (primary N) is 1. The van der Waals surface area contributed by atoms with Crippen LogP contribution in [0.2, 0.25) is 0 Å². The molecule has 0 aliphatic heterocycles. The van der Waals surface area contributed by atoms with E-state index in [2.05, 4.69) is 13.8 Å². The first kappa shape index (κ1) is 11.0. The molecule has 0 saturated heterocycles. The highest BCUT2D eigenvalue weighted by Gasteiger charge is 2.20. The van der Waals surface area contributed by atoms with Gasteiger partial charge >= 0.3 is 0 Å². The summed E-state index contributed by atoms with van der Waals surface area (Å²) in [6, 6.07) is 0.512. The Balaban J connectivity index is 2.21. The molecule has 0 aromatic carbocycles. The molecule has 1 aliphatic rings. The first-order valence-corrected chi connectivity index (χ1v) is 6.01. The van der Waals surface area contributed by atoms with Crippen molar-refractivity contribution in [1.29, 1.82) is 0 Å². The van der Waals surface area contributed by atoms with Crippen LogP contribution in [0.4, 0.5) is 0 Å². The largest absolute Gasteiger partial charge is 0.328 e. The van der Waals surface area contributed by atoms with Gasteiger partial charge in [-0.3, -0.25) is 0 Å². The van der Waals surface area contributed by atoms with Crippen molar-refractivity contribution in [2.24, 2.45) is 17.6 Å². The van der Waals surface area contributed by atoms with Crippen LogP contribution in [0, 0.1) is 11.8 Å². The molecule has 2 N–H and O–H groups in total. The van der Waals surface area contributed by atoms with E-state index in [1.54, 1.807) is 0 Å². The second-order valence-corrected chi connectivity index (χ2v) is 4.70. The Morgan fingerprint density at radius 2 is 1.62 bits per heavy atom. The summed E-state index contributed by atoms with van der Waals surface area (Å²) in [5.41, 5.74) is 5.89. The minimum absolute atomic E-state index is 0.512. The average Bonchev–Trinajstić information content (AvgIpc) is 2.17. The highest BCUT2D eigenvalue weighted by molar-refractivity contribution is 4.75. The molecule has 78 valence electrons. The molecule has 0 amide bonds. The summed E-state index contributed by atoms with van der Waals surface area (Å²) in [4.78, 5) is 0. The van der Waals surface area contributed by atoms with Crippen molar-refractivity contribution in [3.05, 3.63) is 0 Å². The molecule has 0 aromatic rings. The minimum Gasteiger partial charge on any atom is -0.328 e. The third-order valence-electron chi connectivity index (χ3n) is 3.71. The van der Waals surface area contributed by atoms with Gasteiger partial charge in [0.1, 0.15) is 0 Å². The molecule has 0 unspecified atom stereocenters. The summed E-state index contributed by atoms with van der Waals surface area (Å²) in [7, 11) is 0. The van der Waals surface area contributed by atoms with Crippen LogP contribution < -0.4 is 5.73 Å². The molecular weight excluding hydrogens is 158 g/mol. The zero-order valence-electron chi connectivity index (χ0n) is 9.26. The Morgan fingerprint density at radius 1 is 1.08 bits per heavy atom. The molecule has 1 saturated carbocycles. The van der Waals surface area contributed by atoms with E-state index in [9.17, 15) is 0 Å². The van der Waals surface area contributed by atoms with Crippen molar-refractivity contribution >= 4 is 0 Å². The van der Waals surface area contributed by atoms with Gasteiger partial charge < -0.3 is 5.73 Å². The van der Waals surface area contributed by atoms with E-state index in [4.69, 9.17) is 5.73 Å². The average molecular weight is 183 g/mol. The first-order valence-electron chi connectivity index (χ1n) is 6.01. The summed E-state index contributed by atoms with van der Waals surface area (Å²) in [5.74, 6) is 1.96. The number of rotatable bonds is 4. The van der Waals surface area contributed by atoms with Crippen molar-refractivity contribution in [2.75, 3.05) is 0 Å². The fourth-order valence-corrected chi connectivity index (χ4v) is 2.52. The maximum absolute atomic E-state index is 5.89. The number of hydrogen-bond acceptors (Lipinski definition) is 1. The Morgan fingerprint density at radius 3 is 2.08 bits per heavy atom. The molecule has 0 radical (unpaired) electrons. The Hall–Kier alpha value is -0.0400. The van der Waals surface area contributed by atoms with Crippen molar-refractivity contribution in [1.82, 2.24) is 0 Å². The maximum atomic E-state index is 5.89. The monoisotopic (exact) mass is 183 g/mol. The van der Waals surface area contributed by atoms with E-state index in [-0.39, 0.29) is 0 Å². The second kappa shape index (κ2) is 5.64. The van der Waals surface area contributed by atoms with Gasteiger partial charge in [-0.05, 0) is 43.9 Å². The van der Waals surface area contributed by atoms with Gasteiger partial charge in [0.2, 0.25) is 0 Å². The molecular formula is C12H25N. The fraction of sp³-hybridized carbons (Fsp3) is 1.00. The van der Waals surface area contributed by atoms with Crippen LogP contribution in [0.25, 0.3) is 0 Å².